The molecule has 1 heterocycles. The van der Waals surface area contributed by atoms with E-state index in [-0.39, 0.29) is 0 Å². The van der Waals surface area contributed by atoms with Crippen LogP contribution in [0, 0.1) is 0 Å². The number of hydrogen-bond donors (Lipinski definition) is 0. The summed E-state index contributed by atoms with van der Waals surface area (Å²) in [6, 6.07) is 0. The maximum atomic E-state index is 11.4. The summed E-state index contributed by atoms with van der Waals surface area (Å²) in [4.78, 5) is 0. The van der Waals surface area contributed by atoms with Crippen LogP contribution in [0.1, 0.15) is 40.5 Å². The van der Waals surface area contributed by atoms with Crippen LogP contribution in [0.2, 0.25) is 0 Å². The highest BCUT2D eigenvalue weighted by Crippen LogP contribution is 2.35. The molecule has 0 saturated carbocycles. The highest BCUT2D eigenvalue weighted by molar-refractivity contribution is 7.86. The average molecular weight is 374 g/mol. The Morgan fingerprint density at radius 1 is 0.870 bits per heavy atom. The van der Waals surface area contributed by atoms with Crippen LogP contribution in [0.4, 0.5) is 0 Å². The number of hydrogen-bond acceptors (Lipinski definition) is 8. The third-order valence-corrected chi connectivity index (χ3v) is 4.49. The molecule has 0 bridgehead atoms. The summed E-state index contributed by atoms with van der Waals surface area (Å²) in [5.74, 6) is -1.00. The molecule has 1 saturated heterocycles. The summed E-state index contributed by atoms with van der Waals surface area (Å²) in [6.45, 7) is 6.83. The van der Waals surface area contributed by atoms with Crippen LogP contribution >= 0.6 is 0 Å². The van der Waals surface area contributed by atoms with Gasteiger partial charge in [-0.15, -0.1) is 0 Å². The molecule has 0 aliphatic carbocycles. The molecule has 0 amide bonds. The predicted molar refractivity (Wildman–Crippen MR) is 83.8 cm³/mol. The van der Waals surface area contributed by atoms with Gasteiger partial charge < -0.3 is 9.47 Å². The van der Waals surface area contributed by atoms with E-state index in [1.165, 1.54) is 0 Å². The molecule has 1 aliphatic heterocycles. The van der Waals surface area contributed by atoms with E-state index in [0.717, 1.165) is 12.5 Å². The molecule has 0 unspecified atom stereocenters. The van der Waals surface area contributed by atoms with E-state index in [0.29, 0.717) is 12.8 Å². The van der Waals surface area contributed by atoms with Crippen molar-refractivity contribution in [3.05, 3.63) is 0 Å². The van der Waals surface area contributed by atoms with Crippen LogP contribution in [0.3, 0.4) is 0 Å². The second-order valence-electron chi connectivity index (χ2n) is 6.06. The highest BCUT2D eigenvalue weighted by atomic mass is 32.2. The lowest BCUT2D eigenvalue weighted by molar-refractivity contribution is -0.158. The summed E-state index contributed by atoms with van der Waals surface area (Å²) in [7, 11) is -7.39. The van der Waals surface area contributed by atoms with Gasteiger partial charge in [-0.05, 0) is 26.7 Å². The van der Waals surface area contributed by atoms with Crippen molar-refractivity contribution in [1.82, 2.24) is 0 Å². The van der Waals surface area contributed by atoms with E-state index >= 15 is 0 Å². The van der Waals surface area contributed by atoms with Gasteiger partial charge in [0.2, 0.25) is 0 Å². The normalized spacial score (nSPS) is 27.7. The van der Waals surface area contributed by atoms with Crippen molar-refractivity contribution in [2.24, 2.45) is 0 Å². The Bertz CT molecular complexity index is 543. The third kappa shape index (κ3) is 6.63. The molecule has 1 aliphatic rings. The van der Waals surface area contributed by atoms with Gasteiger partial charge in [0, 0.05) is 0 Å². The van der Waals surface area contributed by atoms with E-state index in [1.807, 2.05) is 0 Å². The zero-order valence-corrected chi connectivity index (χ0v) is 15.9. The van der Waals surface area contributed by atoms with Gasteiger partial charge in [-0.3, -0.25) is 8.37 Å². The van der Waals surface area contributed by atoms with Crippen molar-refractivity contribution < 1.29 is 34.7 Å². The fourth-order valence-electron chi connectivity index (χ4n) is 2.55. The quantitative estimate of drug-likeness (QED) is 0.580. The van der Waals surface area contributed by atoms with Gasteiger partial charge in [-0.2, -0.15) is 16.8 Å². The van der Waals surface area contributed by atoms with Crippen LogP contribution in [-0.2, 0) is 38.1 Å². The largest absolute Gasteiger partial charge is 0.342 e. The Hall–Kier alpha value is -0.260. The number of rotatable bonds is 8. The van der Waals surface area contributed by atoms with Crippen LogP contribution in [0.5, 0.6) is 0 Å². The molecule has 0 aromatic rings. The second-order valence-corrected chi connectivity index (χ2v) is 9.26. The first-order valence-corrected chi connectivity index (χ1v) is 11.0. The van der Waals surface area contributed by atoms with Crippen LogP contribution in [-0.4, -0.2) is 59.6 Å². The fourth-order valence-corrected chi connectivity index (χ4v) is 3.94. The first-order valence-electron chi connectivity index (χ1n) is 7.40. The Morgan fingerprint density at radius 3 is 1.39 bits per heavy atom. The molecule has 0 aromatic carbocycles. The van der Waals surface area contributed by atoms with Gasteiger partial charge >= 0.3 is 0 Å². The summed E-state index contributed by atoms with van der Waals surface area (Å²) >= 11 is 0. The topological polar surface area (TPSA) is 105 Å². The van der Waals surface area contributed by atoms with Crippen molar-refractivity contribution in [3.63, 3.8) is 0 Å². The minimum Gasteiger partial charge on any atom is -0.342 e. The molecule has 8 nitrogen and oxygen atoms in total. The van der Waals surface area contributed by atoms with E-state index < -0.39 is 50.4 Å². The molecule has 1 fully saturated rings. The van der Waals surface area contributed by atoms with Gasteiger partial charge in [0.25, 0.3) is 20.2 Å². The Labute approximate surface area is 138 Å². The fraction of sp³-hybridized carbons (Fsp3) is 1.00. The summed E-state index contributed by atoms with van der Waals surface area (Å²) in [6.07, 6.45) is -0.520. The van der Waals surface area contributed by atoms with Gasteiger partial charge in [-0.25, -0.2) is 0 Å². The first-order chi connectivity index (χ1) is 10.3. The van der Waals surface area contributed by atoms with Gasteiger partial charge in [0.05, 0.1) is 12.5 Å². The van der Waals surface area contributed by atoms with Crippen molar-refractivity contribution in [2.75, 3.05) is 12.5 Å². The van der Waals surface area contributed by atoms with Crippen LogP contribution in [0.15, 0.2) is 0 Å². The first kappa shape index (κ1) is 20.8. The molecule has 0 N–H and O–H groups in total. The van der Waals surface area contributed by atoms with E-state index in [4.69, 9.17) is 17.8 Å². The number of ether oxygens (including phenoxy) is 2. The maximum Gasteiger partial charge on any atom is 0.264 e. The minimum atomic E-state index is -3.70. The van der Waals surface area contributed by atoms with Crippen molar-refractivity contribution in [3.8, 4) is 0 Å². The molecule has 0 spiro atoms. The van der Waals surface area contributed by atoms with Crippen LogP contribution < -0.4 is 0 Å². The molecular formula is C13H26O8S2. The maximum absolute atomic E-state index is 11.4. The van der Waals surface area contributed by atoms with E-state index in [2.05, 4.69) is 0 Å². The highest BCUT2D eigenvalue weighted by Gasteiger charge is 2.50. The smallest absolute Gasteiger partial charge is 0.264 e. The van der Waals surface area contributed by atoms with E-state index in [9.17, 15) is 16.8 Å². The van der Waals surface area contributed by atoms with Crippen molar-refractivity contribution >= 4 is 20.2 Å². The summed E-state index contributed by atoms with van der Waals surface area (Å²) in [5, 5.41) is 0. The van der Waals surface area contributed by atoms with Gasteiger partial charge in [0.15, 0.2) is 5.79 Å². The third-order valence-electron chi connectivity index (χ3n) is 3.30. The van der Waals surface area contributed by atoms with Crippen molar-refractivity contribution in [2.45, 2.75) is 70.7 Å². The summed E-state index contributed by atoms with van der Waals surface area (Å²) in [5.41, 5.74) is 0. The monoisotopic (exact) mass is 374 g/mol. The zero-order chi connectivity index (χ0) is 18.1. The lowest BCUT2D eigenvalue weighted by atomic mass is 10.0. The van der Waals surface area contributed by atoms with Crippen molar-refractivity contribution in [1.29, 1.82) is 0 Å². The Kier molecular flexibility index (Phi) is 6.62. The molecule has 138 valence electrons. The lowest BCUT2D eigenvalue weighted by Crippen LogP contribution is -2.45. The standard InChI is InChI=1S/C13H26O8S2/c1-7-9(20-22(5,14)15)11-12(19-13(3,4)18-11)10(8-2)21-23(6,16)17/h9-12H,7-8H2,1-6H3/t9-,10-,11-,12-/m1/s1. The SMILES string of the molecule is CC[C@@H](OS(C)(=O)=O)[C@H]1OC(C)(C)O[C@@H]1[C@@H](CC)OS(C)(=O)=O. The lowest BCUT2D eigenvalue weighted by Gasteiger charge is -2.28. The molecule has 23 heavy (non-hydrogen) atoms. The molecule has 1 rings (SSSR count). The Morgan fingerprint density at radius 2 is 1.17 bits per heavy atom. The van der Waals surface area contributed by atoms with E-state index in [1.54, 1.807) is 27.7 Å². The average Bonchev–Trinajstić information content (AvgIpc) is 2.67. The molecule has 4 atom stereocenters. The molecule has 10 heteroatoms. The minimum absolute atomic E-state index is 0.350. The van der Waals surface area contributed by atoms with Gasteiger partial charge in [0.1, 0.15) is 24.4 Å². The summed E-state index contributed by atoms with van der Waals surface area (Å²) < 4.78 is 67.5. The predicted octanol–water partition coefficient (Wildman–Crippen LogP) is 1.02. The van der Waals surface area contributed by atoms with Gasteiger partial charge in [-0.1, -0.05) is 13.8 Å². The second kappa shape index (κ2) is 7.32. The molecule has 0 radical (unpaired) electrons. The van der Waals surface area contributed by atoms with Crippen LogP contribution in [0.25, 0.3) is 0 Å². The Balaban J connectivity index is 3.10. The molecular weight excluding hydrogens is 348 g/mol. The zero-order valence-electron chi connectivity index (χ0n) is 14.3. The molecule has 0 aromatic heterocycles.